The zero-order valence-corrected chi connectivity index (χ0v) is 8.35. The van der Waals surface area contributed by atoms with Crippen LogP contribution in [0.25, 0.3) is 0 Å². The van der Waals surface area contributed by atoms with Gasteiger partial charge in [-0.2, -0.15) is 0 Å². The van der Waals surface area contributed by atoms with Crippen molar-refractivity contribution in [2.24, 2.45) is 0 Å². The molecule has 1 rings (SSSR count). The molecule has 0 aliphatic carbocycles. The van der Waals surface area contributed by atoms with Crippen LogP contribution in [0.15, 0.2) is 0 Å². The largest absolute Gasteiger partial charge is 0.314 e. The van der Waals surface area contributed by atoms with Gasteiger partial charge >= 0.3 is 0 Å². The van der Waals surface area contributed by atoms with Crippen molar-refractivity contribution in [2.45, 2.75) is 11.8 Å². The van der Waals surface area contributed by atoms with Gasteiger partial charge in [-0.15, -0.1) is 0 Å². The fourth-order valence-electron chi connectivity index (χ4n) is 1.20. The minimum Gasteiger partial charge on any atom is -0.314 e. The van der Waals surface area contributed by atoms with E-state index in [1.807, 2.05) is 0 Å². The van der Waals surface area contributed by atoms with Gasteiger partial charge in [0.15, 0.2) is 0 Å². The van der Waals surface area contributed by atoms with Crippen LogP contribution in [0, 0.1) is 0 Å². The Bertz CT molecular complexity index is 79.1. The summed E-state index contributed by atoms with van der Waals surface area (Å²) in [5.74, 6) is 0. The smallest absolute Gasteiger partial charge is 0.239 e. The first-order chi connectivity index (χ1) is 4.30. The molecule has 0 saturated carbocycles. The van der Waals surface area contributed by atoms with Gasteiger partial charge in [-0.3, -0.25) is 0 Å². The highest BCUT2D eigenvalue weighted by Crippen LogP contribution is 1.95. The Morgan fingerprint density at radius 1 is 1.44 bits per heavy atom. The van der Waals surface area contributed by atoms with Crippen molar-refractivity contribution in [3.8, 4) is 0 Å². The standard InChI is InChI=1S/C6H13N2.Al.2H/c1-2-8-5-3-7-4-6-8;;;/h2,7H,3-6H2,1H3;;;. The molecule has 1 saturated heterocycles. The lowest BCUT2D eigenvalue weighted by Crippen LogP contribution is -2.47. The Morgan fingerprint density at radius 2 is 2.00 bits per heavy atom. The second-order valence-corrected chi connectivity index (χ2v) is 4.55. The molecule has 3 heteroatoms. The van der Waals surface area contributed by atoms with Crippen molar-refractivity contribution in [3.63, 3.8) is 0 Å². The molecule has 0 bridgehead atoms. The van der Waals surface area contributed by atoms with E-state index in [4.69, 9.17) is 0 Å². The summed E-state index contributed by atoms with van der Waals surface area (Å²) in [6, 6.07) is 0. The van der Waals surface area contributed by atoms with Crippen LogP contribution < -0.4 is 5.32 Å². The van der Waals surface area contributed by atoms with Crippen LogP contribution in [0.1, 0.15) is 6.92 Å². The van der Waals surface area contributed by atoms with E-state index >= 15 is 0 Å². The van der Waals surface area contributed by atoms with Crippen molar-refractivity contribution < 1.29 is 0 Å². The van der Waals surface area contributed by atoms with Crippen LogP contribution in [0.3, 0.4) is 0 Å². The fraction of sp³-hybridized carbons (Fsp3) is 1.00. The number of hydrogen-bond donors (Lipinski definition) is 1. The molecule has 1 unspecified atom stereocenters. The number of piperazine rings is 1. The molecule has 0 spiro atoms. The van der Waals surface area contributed by atoms with Crippen molar-refractivity contribution in [2.75, 3.05) is 26.2 Å². The van der Waals surface area contributed by atoms with Crippen LogP contribution in [0.5, 0.6) is 0 Å². The summed E-state index contributed by atoms with van der Waals surface area (Å²) in [6.45, 7) is 7.20. The third-order valence-corrected chi connectivity index (χ3v) is 2.61. The van der Waals surface area contributed by atoms with Gasteiger partial charge in [0.25, 0.3) is 0 Å². The number of nitrogens with zero attached hydrogens (tertiary/aromatic N) is 1. The minimum absolute atomic E-state index is 0.868. The summed E-state index contributed by atoms with van der Waals surface area (Å²) >= 11 is 1.31. The Labute approximate surface area is 65.0 Å². The van der Waals surface area contributed by atoms with Crippen molar-refractivity contribution in [1.82, 2.24) is 10.2 Å². The van der Waals surface area contributed by atoms with Crippen molar-refractivity contribution >= 4 is 16.3 Å². The predicted molar refractivity (Wildman–Crippen MR) is 42.4 cm³/mol. The molecule has 1 fully saturated rings. The molecule has 52 valence electrons. The van der Waals surface area contributed by atoms with Crippen LogP contribution in [-0.4, -0.2) is 52.3 Å². The molecule has 0 amide bonds. The Kier molecular flexibility index (Phi) is 3.01. The molecule has 0 aromatic carbocycles. The van der Waals surface area contributed by atoms with Gasteiger partial charge in [0, 0.05) is 26.2 Å². The zero-order valence-electron chi connectivity index (χ0n) is 6.35. The summed E-state index contributed by atoms with van der Waals surface area (Å²) in [7, 11) is 0. The zero-order chi connectivity index (χ0) is 6.69. The summed E-state index contributed by atoms with van der Waals surface area (Å²) < 4.78 is 0. The summed E-state index contributed by atoms with van der Waals surface area (Å²) in [4.78, 5) is 3.43. The van der Waals surface area contributed by atoms with Gasteiger partial charge in [-0.05, 0) is 4.90 Å². The molecule has 1 aliphatic rings. The topological polar surface area (TPSA) is 15.3 Å². The molecule has 0 radical (unpaired) electrons. The van der Waals surface area contributed by atoms with Crippen LogP contribution in [0.4, 0.5) is 0 Å². The molecular formula is C6H15AlN2. The van der Waals surface area contributed by atoms with E-state index in [1.54, 1.807) is 0 Å². The lowest BCUT2D eigenvalue weighted by atomic mass is 10.4. The highest BCUT2D eigenvalue weighted by Gasteiger charge is 2.10. The SMILES string of the molecule is C[CH]([AlH2])N1CCNCC1. The Hall–Kier alpha value is 0.452. The van der Waals surface area contributed by atoms with E-state index < -0.39 is 0 Å². The number of nitrogens with one attached hydrogen (secondary N) is 1. The summed E-state index contributed by atoms with van der Waals surface area (Å²) in [5, 5.41) is 3.34. The monoisotopic (exact) mass is 142 g/mol. The maximum atomic E-state index is 3.34. The van der Waals surface area contributed by atoms with E-state index in [0.29, 0.717) is 0 Å². The number of rotatable bonds is 1. The first-order valence-corrected chi connectivity index (χ1v) is 4.91. The maximum absolute atomic E-state index is 3.34. The molecule has 1 atom stereocenters. The van der Waals surface area contributed by atoms with E-state index in [1.165, 1.54) is 42.5 Å². The van der Waals surface area contributed by atoms with Crippen molar-refractivity contribution in [1.29, 1.82) is 0 Å². The van der Waals surface area contributed by atoms with E-state index in [2.05, 4.69) is 17.1 Å². The molecule has 9 heavy (non-hydrogen) atoms. The van der Waals surface area contributed by atoms with E-state index in [-0.39, 0.29) is 0 Å². The lowest BCUT2D eigenvalue weighted by molar-refractivity contribution is 0.230. The Balaban J connectivity index is 2.23. The van der Waals surface area contributed by atoms with Gasteiger partial charge < -0.3 is 10.2 Å². The molecular weight excluding hydrogens is 127 g/mol. The van der Waals surface area contributed by atoms with Gasteiger partial charge in [0.1, 0.15) is 0 Å². The summed E-state index contributed by atoms with van der Waals surface area (Å²) in [6.07, 6.45) is 0. The third-order valence-electron chi connectivity index (χ3n) is 1.88. The van der Waals surface area contributed by atoms with Gasteiger partial charge in [0.05, 0.1) is 0 Å². The fourth-order valence-corrected chi connectivity index (χ4v) is 1.71. The summed E-state index contributed by atoms with van der Waals surface area (Å²) in [5.41, 5.74) is 0. The van der Waals surface area contributed by atoms with E-state index in [9.17, 15) is 0 Å². The quantitative estimate of drug-likeness (QED) is 0.466. The average molecular weight is 142 g/mol. The van der Waals surface area contributed by atoms with Gasteiger partial charge in [-0.1, -0.05) is 6.92 Å². The predicted octanol–water partition coefficient (Wildman–Crippen LogP) is -1.13. The molecule has 2 nitrogen and oxygen atoms in total. The maximum Gasteiger partial charge on any atom is 0.239 e. The average Bonchev–Trinajstić information content (AvgIpc) is 1.90. The molecule has 0 aromatic heterocycles. The van der Waals surface area contributed by atoms with Crippen LogP contribution in [0.2, 0.25) is 0 Å². The van der Waals surface area contributed by atoms with E-state index in [0.717, 1.165) is 4.90 Å². The number of hydrogen-bond acceptors (Lipinski definition) is 2. The first-order valence-electron chi connectivity index (χ1n) is 3.75. The first kappa shape index (κ1) is 7.56. The minimum atomic E-state index is 0.868. The second-order valence-electron chi connectivity index (χ2n) is 2.88. The molecule has 1 heterocycles. The normalized spacial score (nSPS) is 25.9. The van der Waals surface area contributed by atoms with Gasteiger partial charge in [-0.25, -0.2) is 0 Å². The van der Waals surface area contributed by atoms with Crippen LogP contribution >= 0.6 is 0 Å². The van der Waals surface area contributed by atoms with Gasteiger partial charge in [0.2, 0.25) is 16.3 Å². The molecule has 1 aliphatic heterocycles. The second kappa shape index (κ2) is 3.58. The lowest BCUT2D eigenvalue weighted by Gasteiger charge is -2.30. The third kappa shape index (κ3) is 2.27. The highest BCUT2D eigenvalue weighted by molar-refractivity contribution is 6.11. The van der Waals surface area contributed by atoms with Crippen molar-refractivity contribution in [3.05, 3.63) is 0 Å². The molecule has 1 N–H and O–H groups in total. The van der Waals surface area contributed by atoms with Crippen LogP contribution in [-0.2, 0) is 0 Å². The Morgan fingerprint density at radius 3 is 2.33 bits per heavy atom. The molecule has 0 aromatic rings. The highest BCUT2D eigenvalue weighted by atomic mass is 27.0.